The summed E-state index contributed by atoms with van der Waals surface area (Å²) in [5, 5.41) is 20.2. The van der Waals surface area contributed by atoms with Gasteiger partial charge in [-0.2, -0.15) is 0 Å². The van der Waals surface area contributed by atoms with Crippen LogP contribution in [0.2, 0.25) is 0 Å². The summed E-state index contributed by atoms with van der Waals surface area (Å²) >= 11 is 1.23. The summed E-state index contributed by atoms with van der Waals surface area (Å²) in [7, 11) is 1.64. The molecule has 0 fully saturated rings. The van der Waals surface area contributed by atoms with Gasteiger partial charge in [0.15, 0.2) is 16.5 Å². The van der Waals surface area contributed by atoms with E-state index in [0.717, 1.165) is 12.0 Å². The maximum Gasteiger partial charge on any atom is 0.274 e. The molecule has 1 aliphatic heterocycles. The number of amides is 1. The highest BCUT2D eigenvalue weighted by Gasteiger charge is 2.36. The number of benzene rings is 1. The van der Waals surface area contributed by atoms with Crippen molar-refractivity contribution < 1.29 is 19.0 Å². The van der Waals surface area contributed by atoms with Crippen molar-refractivity contribution in [2.45, 2.75) is 45.2 Å². The molecule has 1 aliphatic rings. The number of hydrogen-bond donors (Lipinski definition) is 1. The van der Waals surface area contributed by atoms with E-state index in [1.54, 1.807) is 34.9 Å². The molecule has 1 atom stereocenters. The third-order valence-electron chi connectivity index (χ3n) is 5.95. The van der Waals surface area contributed by atoms with Crippen LogP contribution in [0.1, 0.15) is 53.8 Å². The number of halogens is 1. The molecule has 10 heteroatoms. The van der Waals surface area contributed by atoms with Gasteiger partial charge < -0.3 is 19.3 Å². The van der Waals surface area contributed by atoms with E-state index in [0.29, 0.717) is 36.0 Å². The molecule has 0 saturated carbocycles. The number of carbonyl (C=O) groups excluding carboxylic acids is 1. The fourth-order valence-corrected chi connectivity index (χ4v) is 5.04. The Bertz CT molecular complexity index is 1240. The standard InChI is InChI=1S/C24H27FN4O4S/c1-14(2)28-12-17(5-4-10-33-3)29-13-18(21(30)22(31)20(29)24(28)32)23-27-26-19(34-23)11-15-6-8-16(25)9-7-15/h6-9,13-14,17,31H,4-5,10-12H2,1-3H3/t17-/m0/s1. The lowest BCUT2D eigenvalue weighted by Crippen LogP contribution is -2.47. The topological polar surface area (TPSA) is 97.6 Å². The fourth-order valence-electron chi connectivity index (χ4n) is 4.16. The van der Waals surface area contributed by atoms with E-state index in [1.165, 1.54) is 23.5 Å². The zero-order valence-corrected chi connectivity index (χ0v) is 20.1. The zero-order valence-electron chi connectivity index (χ0n) is 19.3. The van der Waals surface area contributed by atoms with Crippen LogP contribution in [0.4, 0.5) is 4.39 Å². The predicted molar refractivity (Wildman–Crippen MR) is 127 cm³/mol. The number of carbonyl (C=O) groups is 1. The molecular weight excluding hydrogens is 459 g/mol. The van der Waals surface area contributed by atoms with Gasteiger partial charge in [-0.3, -0.25) is 9.59 Å². The van der Waals surface area contributed by atoms with Crippen LogP contribution >= 0.6 is 11.3 Å². The summed E-state index contributed by atoms with van der Waals surface area (Å²) in [6, 6.07) is 5.91. The predicted octanol–water partition coefficient (Wildman–Crippen LogP) is 3.63. The summed E-state index contributed by atoms with van der Waals surface area (Å²) in [5.74, 6) is -1.25. The van der Waals surface area contributed by atoms with Crippen molar-refractivity contribution in [2.24, 2.45) is 0 Å². The van der Waals surface area contributed by atoms with Crippen molar-refractivity contribution in [3.05, 3.63) is 62.8 Å². The summed E-state index contributed by atoms with van der Waals surface area (Å²) in [6.45, 7) is 4.87. The summed E-state index contributed by atoms with van der Waals surface area (Å²) in [4.78, 5) is 27.9. The molecule has 1 aromatic carbocycles. The molecule has 3 aromatic rings. The van der Waals surface area contributed by atoms with Crippen molar-refractivity contribution in [1.29, 1.82) is 0 Å². The molecule has 0 bridgehead atoms. The maximum atomic E-state index is 13.2. The normalized spacial score (nSPS) is 15.7. The number of aromatic nitrogens is 3. The SMILES string of the molecule is COCCC[C@H]1CN(C(C)C)C(=O)c2c(O)c(=O)c(-c3nnc(Cc4ccc(F)cc4)s3)cn21. The molecule has 0 aliphatic carbocycles. The van der Waals surface area contributed by atoms with Crippen molar-refractivity contribution in [1.82, 2.24) is 19.7 Å². The number of aromatic hydroxyl groups is 1. The van der Waals surface area contributed by atoms with Gasteiger partial charge >= 0.3 is 0 Å². The van der Waals surface area contributed by atoms with Crippen molar-refractivity contribution >= 4 is 17.2 Å². The fraction of sp³-hybridized carbons (Fsp3) is 0.417. The molecule has 0 saturated heterocycles. The minimum atomic E-state index is -0.648. The van der Waals surface area contributed by atoms with Gasteiger partial charge in [0.2, 0.25) is 5.43 Å². The second-order valence-corrected chi connectivity index (χ2v) is 9.68. The Hall–Kier alpha value is -3.11. The molecule has 1 N–H and O–H groups in total. The first kappa shape index (κ1) is 24.0. The molecule has 180 valence electrons. The van der Waals surface area contributed by atoms with Gasteiger partial charge in [-0.25, -0.2) is 4.39 Å². The van der Waals surface area contributed by atoms with E-state index in [1.807, 2.05) is 13.8 Å². The number of fused-ring (bicyclic) bond motifs is 1. The first-order valence-corrected chi connectivity index (χ1v) is 12.0. The number of hydrogen-bond acceptors (Lipinski definition) is 7. The molecule has 2 aromatic heterocycles. The highest BCUT2D eigenvalue weighted by molar-refractivity contribution is 7.14. The minimum Gasteiger partial charge on any atom is -0.503 e. The average molecular weight is 487 g/mol. The van der Waals surface area contributed by atoms with Gasteiger partial charge in [-0.1, -0.05) is 23.5 Å². The van der Waals surface area contributed by atoms with Crippen LogP contribution in [0.3, 0.4) is 0 Å². The number of pyridine rings is 1. The first-order chi connectivity index (χ1) is 16.3. The average Bonchev–Trinajstić information content (AvgIpc) is 3.26. The number of methoxy groups -OCH3 is 1. The van der Waals surface area contributed by atoms with Gasteiger partial charge in [0.1, 0.15) is 10.8 Å². The lowest BCUT2D eigenvalue weighted by atomic mass is 10.0. The Balaban J connectivity index is 1.72. The van der Waals surface area contributed by atoms with Crippen molar-refractivity contribution in [3.8, 4) is 16.3 Å². The third kappa shape index (κ3) is 4.74. The molecule has 0 unspecified atom stereocenters. The molecule has 8 nitrogen and oxygen atoms in total. The molecule has 0 spiro atoms. The van der Waals surface area contributed by atoms with Gasteiger partial charge in [-0.05, 0) is 44.4 Å². The monoisotopic (exact) mass is 486 g/mol. The van der Waals surface area contributed by atoms with Gasteiger partial charge in [-0.15, -0.1) is 10.2 Å². The van der Waals surface area contributed by atoms with Crippen LogP contribution in [-0.2, 0) is 11.2 Å². The first-order valence-electron chi connectivity index (χ1n) is 11.1. The van der Waals surface area contributed by atoms with Crippen LogP contribution in [0.15, 0.2) is 35.3 Å². The Morgan fingerprint density at radius 2 is 1.97 bits per heavy atom. The van der Waals surface area contributed by atoms with E-state index in [9.17, 15) is 19.1 Å². The summed E-state index contributed by atoms with van der Waals surface area (Å²) in [5.41, 5.74) is 0.427. The molecule has 0 radical (unpaired) electrons. The third-order valence-corrected chi connectivity index (χ3v) is 6.91. The van der Waals surface area contributed by atoms with Gasteiger partial charge in [0, 0.05) is 38.9 Å². The van der Waals surface area contributed by atoms with E-state index in [2.05, 4.69) is 10.2 Å². The van der Waals surface area contributed by atoms with Crippen molar-refractivity contribution in [2.75, 3.05) is 20.3 Å². The van der Waals surface area contributed by atoms with E-state index in [4.69, 9.17) is 4.74 Å². The lowest BCUT2D eigenvalue weighted by Gasteiger charge is -2.38. The molecule has 1 amide bonds. The molecular formula is C24H27FN4O4S. The van der Waals surface area contributed by atoms with Crippen LogP contribution in [0.25, 0.3) is 10.6 Å². The van der Waals surface area contributed by atoms with Crippen LogP contribution in [-0.4, -0.2) is 57.0 Å². The Kier molecular flexibility index (Phi) is 7.08. The van der Waals surface area contributed by atoms with Gasteiger partial charge in [0.05, 0.1) is 11.6 Å². The largest absolute Gasteiger partial charge is 0.503 e. The lowest BCUT2D eigenvalue weighted by molar-refractivity contribution is 0.0586. The van der Waals surface area contributed by atoms with Crippen LogP contribution < -0.4 is 5.43 Å². The van der Waals surface area contributed by atoms with E-state index in [-0.39, 0.29) is 35.1 Å². The van der Waals surface area contributed by atoms with E-state index < -0.39 is 11.2 Å². The quantitative estimate of drug-likeness (QED) is 0.489. The second-order valence-electron chi connectivity index (χ2n) is 8.62. The van der Waals surface area contributed by atoms with E-state index >= 15 is 0 Å². The Morgan fingerprint density at radius 3 is 2.65 bits per heavy atom. The van der Waals surface area contributed by atoms with Crippen LogP contribution in [0, 0.1) is 5.82 Å². The molecule has 4 rings (SSSR count). The zero-order chi connectivity index (χ0) is 24.4. The van der Waals surface area contributed by atoms with Crippen molar-refractivity contribution in [3.63, 3.8) is 0 Å². The summed E-state index contributed by atoms with van der Waals surface area (Å²) < 4.78 is 20.1. The molecule has 34 heavy (non-hydrogen) atoms. The maximum absolute atomic E-state index is 13.2. The second kappa shape index (κ2) is 10.0. The number of rotatable bonds is 8. The Labute approximate surface area is 200 Å². The van der Waals surface area contributed by atoms with Crippen LogP contribution in [0.5, 0.6) is 5.75 Å². The highest BCUT2D eigenvalue weighted by atomic mass is 32.1. The summed E-state index contributed by atoms with van der Waals surface area (Å²) in [6.07, 6.45) is 3.54. The smallest absolute Gasteiger partial charge is 0.274 e. The minimum absolute atomic E-state index is 0.00664. The number of ether oxygens (including phenoxy) is 1. The highest BCUT2D eigenvalue weighted by Crippen LogP contribution is 2.33. The Morgan fingerprint density at radius 1 is 1.24 bits per heavy atom. The van der Waals surface area contributed by atoms with Gasteiger partial charge in [0.25, 0.3) is 5.91 Å². The molecule has 3 heterocycles. The number of nitrogens with zero attached hydrogens (tertiary/aromatic N) is 4.